The van der Waals surface area contributed by atoms with Gasteiger partial charge in [-0.05, 0) is 37.3 Å². The van der Waals surface area contributed by atoms with Crippen molar-refractivity contribution in [3.63, 3.8) is 0 Å². The van der Waals surface area contributed by atoms with E-state index in [0.29, 0.717) is 11.6 Å². The second-order valence-corrected chi connectivity index (χ2v) is 9.92. The number of hydrogen-bond donors (Lipinski definition) is 3. The number of nitrogens with zero attached hydrogens (tertiary/aromatic N) is 2. The smallest absolute Gasteiger partial charge is 0.305 e. The van der Waals surface area contributed by atoms with Crippen LogP contribution in [0.25, 0.3) is 20.4 Å². The average Bonchev–Trinajstić information content (AvgIpc) is 3.35. The Morgan fingerprint density at radius 2 is 2.19 bits per heavy atom. The number of thiazole rings is 1. The number of rotatable bonds is 6. The molecule has 1 aliphatic rings. The summed E-state index contributed by atoms with van der Waals surface area (Å²) in [5.74, 6) is 1.48. The van der Waals surface area contributed by atoms with Crippen LogP contribution in [0.3, 0.4) is 0 Å². The zero-order chi connectivity index (χ0) is 22.2. The van der Waals surface area contributed by atoms with Crippen LogP contribution in [0, 0.1) is 5.92 Å². The van der Waals surface area contributed by atoms with Gasteiger partial charge < -0.3 is 20.4 Å². The van der Waals surface area contributed by atoms with Crippen LogP contribution < -0.4 is 20.2 Å². The zero-order valence-electron chi connectivity index (χ0n) is 17.8. The Labute approximate surface area is 192 Å². The van der Waals surface area contributed by atoms with Gasteiger partial charge in [-0.3, -0.25) is 9.59 Å². The second kappa shape index (κ2) is 8.51. The van der Waals surface area contributed by atoms with Crippen molar-refractivity contribution in [2.75, 3.05) is 19.0 Å². The van der Waals surface area contributed by atoms with Crippen molar-refractivity contribution in [1.82, 2.24) is 20.3 Å². The summed E-state index contributed by atoms with van der Waals surface area (Å²) in [6.45, 7) is 2.78. The maximum atomic E-state index is 12.5. The Kier molecular flexibility index (Phi) is 5.56. The molecule has 32 heavy (non-hydrogen) atoms. The Bertz CT molecular complexity index is 1370. The number of H-pyrrole nitrogens is 1. The molecule has 3 heterocycles. The van der Waals surface area contributed by atoms with Gasteiger partial charge in [0.1, 0.15) is 22.7 Å². The molecule has 0 radical (unpaired) electrons. The number of aromatic nitrogens is 3. The van der Waals surface area contributed by atoms with Gasteiger partial charge in [0.2, 0.25) is 5.91 Å². The number of benzene rings is 1. The van der Waals surface area contributed by atoms with E-state index in [4.69, 9.17) is 4.74 Å². The zero-order valence-corrected chi connectivity index (χ0v) is 19.4. The molecule has 0 bridgehead atoms. The molecule has 1 amide bonds. The minimum absolute atomic E-state index is 0.00495. The quantitative estimate of drug-likeness (QED) is 0.394. The van der Waals surface area contributed by atoms with E-state index >= 15 is 0 Å². The molecule has 1 atom stereocenters. The maximum absolute atomic E-state index is 12.5. The van der Waals surface area contributed by atoms with E-state index in [2.05, 4.69) is 32.5 Å². The van der Waals surface area contributed by atoms with Crippen LogP contribution >= 0.6 is 22.7 Å². The highest BCUT2D eigenvalue weighted by Gasteiger charge is 2.29. The highest BCUT2D eigenvalue weighted by Crippen LogP contribution is 2.41. The number of methoxy groups -OCH3 is 1. The third-order valence-electron chi connectivity index (χ3n) is 5.76. The number of carbonyl (C=O) groups is 1. The fourth-order valence-electron chi connectivity index (χ4n) is 4.19. The van der Waals surface area contributed by atoms with Crippen molar-refractivity contribution >= 4 is 60.5 Å². The summed E-state index contributed by atoms with van der Waals surface area (Å²) in [7, 11) is 1.60. The van der Waals surface area contributed by atoms with Crippen molar-refractivity contribution in [2.24, 2.45) is 5.92 Å². The molecular formula is C22H23N5O3S2. The predicted octanol–water partition coefficient (Wildman–Crippen LogP) is 3.98. The summed E-state index contributed by atoms with van der Waals surface area (Å²) >= 11 is 2.80. The number of ether oxygens (including phenoxy) is 1. The summed E-state index contributed by atoms with van der Waals surface area (Å²) < 4.78 is 6.39. The molecule has 166 valence electrons. The number of anilines is 2. The monoisotopic (exact) mass is 469 g/mol. The predicted molar refractivity (Wildman–Crippen MR) is 129 cm³/mol. The molecule has 1 aromatic carbocycles. The molecule has 0 saturated carbocycles. The fraction of sp³-hybridized carbons (Fsp3) is 0.364. The lowest BCUT2D eigenvalue weighted by atomic mass is 9.87. The van der Waals surface area contributed by atoms with Crippen LogP contribution in [0.15, 0.2) is 23.3 Å². The van der Waals surface area contributed by atoms with Crippen molar-refractivity contribution < 1.29 is 9.53 Å². The summed E-state index contributed by atoms with van der Waals surface area (Å²) in [6, 6.07) is 3.72. The number of nitrogens with one attached hydrogen (secondary N) is 3. The van der Waals surface area contributed by atoms with Gasteiger partial charge in [0.25, 0.3) is 0 Å². The van der Waals surface area contributed by atoms with E-state index in [1.165, 1.54) is 10.4 Å². The second-order valence-electron chi connectivity index (χ2n) is 7.83. The van der Waals surface area contributed by atoms with E-state index in [1.807, 2.05) is 12.1 Å². The van der Waals surface area contributed by atoms with Gasteiger partial charge in [0.15, 0.2) is 0 Å². The van der Waals surface area contributed by atoms with Gasteiger partial charge in [0.05, 0.1) is 28.4 Å². The summed E-state index contributed by atoms with van der Waals surface area (Å²) in [4.78, 5) is 38.1. The van der Waals surface area contributed by atoms with Crippen molar-refractivity contribution in [3.8, 4) is 5.75 Å². The van der Waals surface area contributed by atoms with Crippen LogP contribution in [0.2, 0.25) is 0 Å². The van der Waals surface area contributed by atoms with Gasteiger partial charge in [-0.2, -0.15) is 0 Å². The molecule has 0 spiro atoms. The van der Waals surface area contributed by atoms with Crippen LogP contribution in [0.1, 0.15) is 30.2 Å². The van der Waals surface area contributed by atoms with E-state index in [-0.39, 0.29) is 16.7 Å². The third kappa shape index (κ3) is 3.73. The topological polar surface area (TPSA) is 109 Å². The molecule has 0 aliphatic heterocycles. The largest absolute Gasteiger partial charge is 0.494 e. The summed E-state index contributed by atoms with van der Waals surface area (Å²) in [5, 5.41) is 7.44. The highest BCUT2D eigenvalue weighted by molar-refractivity contribution is 7.19. The van der Waals surface area contributed by atoms with E-state index < -0.39 is 0 Å². The number of carbonyl (C=O) groups excluding carboxylic acids is 1. The molecule has 4 aromatic rings. The van der Waals surface area contributed by atoms with E-state index in [0.717, 1.165) is 69.7 Å². The number of amides is 1. The fourth-order valence-corrected chi connectivity index (χ4v) is 6.22. The van der Waals surface area contributed by atoms with Crippen LogP contribution in [0.5, 0.6) is 5.75 Å². The Morgan fingerprint density at radius 3 is 3.00 bits per heavy atom. The van der Waals surface area contributed by atoms with Crippen LogP contribution in [-0.4, -0.2) is 34.5 Å². The van der Waals surface area contributed by atoms with Gasteiger partial charge in [-0.1, -0.05) is 18.3 Å². The molecular weight excluding hydrogens is 446 g/mol. The first kappa shape index (κ1) is 20.9. The van der Waals surface area contributed by atoms with Crippen LogP contribution in [-0.2, 0) is 17.6 Å². The molecule has 3 aromatic heterocycles. The Morgan fingerprint density at radius 1 is 1.31 bits per heavy atom. The maximum Gasteiger partial charge on any atom is 0.305 e. The first-order valence-corrected chi connectivity index (χ1v) is 12.2. The molecule has 1 unspecified atom stereocenters. The molecule has 10 heteroatoms. The van der Waals surface area contributed by atoms with E-state index in [1.54, 1.807) is 24.8 Å². The lowest BCUT2D eigenvalue weighted by Gasteiger charge is -2.21. The van der Waals surface area contributed by atoms with Gasteiger partial charge in [-0.15, -0.1) is 11.3 Å². The Hall–Kier alpha value is -2.98. The third-order valence-corrected chi connectivity index (χ3v) is 7.77. The van der Waals surface area contributed by atoms with Crippen molar-refractivity contribution in [3.05, 3.63) is 38.6 Å². The van der Waals surface area contributed by atoms with Crippen LogP contribution in [0.4, 0.5) is 11.5 Å². The van der Waals surface area contributed by atoms with Gasteiger partial charge >= 0.3 is 4.87 Å². The summed E-state index contributed by atoms with van der Waals surface area (Å²) in [6.07, 6.45) is 4.86. The normalized spacial score (nSPS) is 15.6. The van der Waals surface area contributed by atoms with Gasteiger partial charge in [-0.25, -0.2) is 9.97 Å². The molecule has 8 nitrogen and oxygen atoms in total. The number of hydrogen-bond acceptors (Lipinski definition) is 8. The van der Waals surface area contributed by atoms with E-state index in [9.17, 15) is 9.59 Å². The number of fused-ring (bicyclic) bond motifs is 4. The minimum atomic E-state index is -0.104. The molecule has 5 rings (SSSR count). The van der Waals surface area contributed by atoms with Gasteiger partial charge in [0, 0.05) is 23.4 Å². The van der Waals surface area contributed by atoms with Crippen molar-refractivity contribution in [2.45, 2.75) is 32.6 Å². The first-order valence-electron chi connectivity index (χ1n) is 10.6. The molecule has 0 fully saturated rings. The van der Waals surface area contributed by atoms with Crippen molar-refractivity contribution in [1.29, 1.82) is 0 Å². The summed E-state index contributed by atoms with van der Waals surface area (Å²) in [5.41, 5.74) is 2.71. The molecule has 1 aliphatic carbocycles. The standard InChI is InChI=1S/C22H23N5O3S2/c1-3-6-23-20(28)11-4-5-12-16(7-11)31-21-18(12)19(24-10-25-21)26-13-9-17-14(8-15(13)30-2)27-22(29)32-17/h8-11H,3-7H2,1-2H3,(H,23,28)(H,27,29)(H,24,25,26). The molecule has 0 saturated heterocycles. The highest BCUT2D eigenvalue weighted by atomic mass is 32.1. The first-order chi connectivity index (χ1) is 15.6. The lowest BCUT2D eigenvalue weighted by Crippen LogP contribution is -2.34. The number of aromatic amines is 1. The number of aryl methyl sites for hydroxylation is 1. The Balaban J connectivity index is 1.50. The lowest BCUT2D eigenvalue weighted by molar-refractivity contribution is -0.125. The average molecular weight is 470 g/mol. The SMILES string of the molecule is CCCNC(=O)C1CCc2c(sc3ncnc(Nc4cc5sc(=O)[nH]c5cc4OC)c23)C1. The molecule has 3 N–H and O–H groups in total. The number of thiophene rings is 1. The minimum Gasteiger partial charge on any atom is -0.494 e.